The molecule has 1 amide bonds. The summed E-state index contributed by atoms with van der Waals surface area (Å²) in [5.74, 6) is 1.39. The standard InChI is InChI=1S/C20H19N3O2/c1-13(19-21-12-16(23-19)14-7-3-2-4-8-14)22-20(24)18-11-15-9-5-6-10-17(15)25-18/h2-10,12-13,18H,11H2,1H3,(H,21,23)(H,22,24)/t13-,18-/m1/s1. The smallest absolute Gasteiger partial charge is 0.262 e. The first kappa shape index (κ1) is 15.4. The molecule has 0 radical (unpaired) electrons. The van der Waals surface area contributed by atoms with Gasteiger partial charge in [-0.2, -0.15) is 0 Å². The molecule has 0 spiro atoms. The zero-order valence-corrected chi connectivity index (χ0v) is 13.9. The van der Waals surface area contributed by atoms with E-state index in [0.717, 1.165) is 28.4 Å². The van der Waals surface area contributed by atoms with E-state index in [1.807, 2.05) is 61.5 Å². The van der Waals surface area contributed by atoms with Crippen LogP contribution in [0.4, 0.5) is 0 Å². The van der Waals surface area contributed by atoms with Crippen LogP contribution in [0.5, 0.6) is 5.75 Å². The largest absolute Gasteiger partial charge is 0.480 e. The van der Waals surface area contributed by atoms with Crippen LogP contribution >= 0.6 is 0 Å². The summed E-state index contributed by atoms with van der Waals surface area (Å²) in [5, 5.41) is 2.98. The van der Waals surface area contributed by atoms with Gasteiger partial charge < -0.3 is 15.0 Å². The van der Waals surface area contributed by atoms with Crippen LogP contribution in [0, 0.1) is 0 Å². The average Bonchev–Trinajstić information content (AvgIpc) is 3.29. The highest BCUT2D eigenvalue weighted by Gasteiger charge is 2.30. The number of carbonyl (C=O) groups excluding carboxylic acids is 1. The summed E-state index contributed by atoms with van der Waals surface area (Å²) < 4.78 is 5.74. The number of carbonyl (C=O) groups is 1. The first-order valence-corrected chi connectivity index (χ1v) is 8.36. The van der Waals surface area contributed by atoms with E-state index in [-0.39, 0.29) is 11.9 Å². The van der Waals surface area contributed by atoms with Crippen LogP contribution in [0.2, 0.25) is 0 Å². The number of ether oxygens (including phenoxy) is 1. The Balaban J connectivity index is 1.42. The number of fused-ring (bicyclic) bond motifs is 1. The van der Waals surface area contributed by atoms with Crippen LogP contribution in [-0.2, 0) is 11.2 Å². The summed E-state index contributed by atoms with van der Waals surface area (Å²) in [6.07, 6.45) is 1.90. The van der Waals surface area contributed by atoms with Gasteiger partial charge in [0.05, 0.1) is 17.9 Å². The van der Waals surface area contributed by atoms with E-state index < -0.39 is 6.10 Å². The molecule has 0 unspecified atom stereocenters. The van der Waals surface area contributed by atoms with Gasteiger partial charge in [0.2, 0.25) is 0 Å². The number of nitrogens with one attached hydrogen (secondary N) is 2. The summed E-state index contributed by atoms with van der Waals surface area (Å²) in [7, 11) is 0. The Hall–Kier alpha value is -3.08. The van der Waals surface area contributed by atoms with Crippen molar-refractivity contribution in [3.8, 4) is 17.0 Å². The molecule has 0 saturated carbocycles. The van der Waals surface area contributed by atoms with E-state index in [1.165, 1.54) is 0 Å². The molecule has 1 aliphatic heterocycles. The van der Waals surface area contributed by atoms with Gasteiger partial charge in [-0.25, -0.2) is 4.98 Å². The Labute approximate surface area is 146 Å². The Morgan fingerprint density at radius 2 is 1.96 bits per heavy atom. The number of benzene rings is 2. The summed E-state index contributed by atoms with van der Waals surface area (Å²) in [4.78, 5) is 20.2. The molecular formula is C20H19N3O2. The van der Waals surface area contributed by atoms with Crippen molar-refractivity contribution in [2.45, 2.75) is 25.5 Å². The monoisotopic (exact) mass is 333 g/mol. The molecule has 2 heterocycles. The van der Waals surface area contributed by atoms with E-state index in [0.29, 0.717) is 6.42 Å². The molecule has 25 heavy (non-hydrogen) atoms. The second-order valence-electron chi connectivity index (χ2n) is 6.20. The molecule has 0 fully saturated rings. The molecular weight excluding hydrogens is 314 g/mol. The van der Waals surface area contributed by atoms with Crippen molar-refractivity contribution in [1.82, 2.24) is 15.3 Å². The topological polar surface area (TPSA) is 67.0 Å². The van der Waals surface area contributed by atoms with Gasteiger partial charge in [-0.05, 0) is 24.1 Å². The van der Waals surface area contributed by atoms with E-state index in [2.05, 4.69) is 15.3 Å². The lowest BCUT2D eigenvalue weighted by Gasteiger charge is -2.15. The minimum atomic E-state index is -0.483. The highest BCUT2D eigenvalue weighted by molar-refractivity contribution is 5.82. The van der Waals surface area contributed by atoms with Crippen molar-refractivity contribution in [3.63, 3.8) is 0 Å². The van der Waals surface area contributed by atoms with Crippen molar-refractivity contribution in [1.29, 1.82) is 0 Å². The SMILES string of the molecule is C[C@@H](NC(=O)[C@H]1Cc2ccccc2O1)c1ncc(-c2ccccc2)[nH]1. The molecule has 2 N–H and O–H groups in total. The van der Waals surface area contributed by atoms with Crippen LogP contribution in [0.15, 0.2) is 60.8 Å². The maximum absolute atomic E-state index is 12.5. The Kier molecular flexibility index (Phi) is 3.98. The van der Waals surface area contributed by atoms with Crippen LogP contribution in [0.3, 0.4) is 0 Å². The van der Waals surface area contributed by atoms with Crippen molar-refractivity contribution in [2.75, 3.05) is 0 Å². The number of amides is 1. The lowest BCUT2D eigenvalue weighted by Crippen LogP contribution is -2.39. The Bertz CT molecular complexity index is 864. The quantitative estimate of drug-likeness (QED) is 0.770. The molecule has 2 atom stereocenters. The lowest BCUT2D eigenvalue weighted by molar-refractivity contribution is -0.127. The van der Waals surface area contributed by atoms with Gasteiger partial charge >= 0.3 is 0 Å². The predicted molar refractivity (Wildman–Crippen MR) is 95.1 cm³/mol. The van der Waals surface area contributed by atoms with E-state index in [9.17, 15) is 4.79 Å². The summed E-state index contributed by atoms with van der Waals surface area (Å²) >= 11 is 0. The number of nitrogens with zero attached hydrogens (tertiary/aromatic N) is 1. The predicted octanol–water partition coefficient (Wildman–Crippen LogP) is 3.26. The number of hydrogen-bond acceptors (Lipinski definition) is 3. The van der Waals surface area contributed by atoms with Crippen molar-refractivity contribution >= 4 is 5.91 Å². The van der Waals surface area contributed by atoms with Crippen LogP contribution in [0.1, 0.15) is 24.4 Å². The summed E-state index contributed by atoms with van der Waals surface area (Å²) in [6, 6.07) is 17.5. The molecule has 126 valence electrons. The van der Waals surface area contributed by atoms with Gasteiger partial charge in [-0.15, -0.1) is 0 Å². The van der Waals surface area contributed by atoms with Gasteiger partial charge in [0.25, 0.3) is 5.91 Å². The van der Waals surface area contributed by atoms with E-state index in [1.54, 1.807) is 6.20 Å². The van der Waals surface area contributed by atoms with Gasteiger partial charge in [0, 0.05) is 6.42 Å². The number of rotatable bonds is 4. The molecule has 4 rings (SSSR count). The average molecular weight is 333 g/mol. The number of hydrogen-bond donors (Lipinski definition) is 2. The second-order valence-corrected chi connectivity index (χ2v) is 6.20. The fourth-order valence-corrected chi connectivity index (χ4v) is 3.02. The second kappa shape index (κ2) is 6.43. The molecule has 0 bridgehead atoms. The molecule has 2 aromatic carbocycles. The molecule has 1 aromatic heterocycles. The minimum Gasteiger partial charge on any atom is -0.480 e. The third-order valence-electron chi connectivity index (χ3n) is 4.39. The first-order valence-electron chi connectivity index (χ1n) is 8.36. The fourth-order valence-electron chi connectivity index (χ4n) is 3.02. The number of para-hydroxylation sites is 1. The van der Waals surface area contributed by atoms with Crippen LogP contribution in [-0.4, -0.2) is 22.0 Å². The maximum Gasteiger partial charge on any atom is 0.262 e. The zero-order chi connectivity index (χ0) is 17.2. The van der Waals surface area contributed by atoms with Gasteiger partial charge in [0.15, 0.2) is 6.10 Å². The van der Waals surface area contributed by atoms with Crippen LogP contribution in [0.25, 0.3) is 11.3 Å². The molecule has 5 nitrogen and oxygen atoms in total. The normalized spacial score (nSPS) is 16.8. The Morgan fingerprint density at radius 1 is 1.20 bits per heavy atom. The maximum atomic E-state index is 12.5. The molecule has 3 aromatic rings. The molecule has 5 heteroatoms. The van der Waals surface area contributed by atoms with Gasteiger partial charge in [-0.3, -0.25) is 4.79 Å². The third-order valence-corrected chi connectivity index (χ3v) is 4.39. The highest BCUT2D eigenvalue weighted by atomic mass is 16.5. The third kappa shape index (κ3) is 3.13. The molecule has 1 aliphatic rings. The fraction of sp³-hybridized carbons (Fsp3) is 0.200. The van der Waals surface area contributed by atoms with Crippen LogP contribution < -0.4 is 10.1 Å². The number of H-pyrrole nitrogens is 1. The highest BCUT2D eigenvalue weighted by Crippen LogP contribution is 2.28. The number of aromatic amines is 1. The Morgan fingerprint density at radius 3 is 2.76 bits per heavy atom. The molecule has 0 aliphatic carbocycles. The van der Waals surface area contributed by atoms with E-state index >= 15 is 0 Å². The van der Waals surface area contributed by atoms with Crippen molar-refractivity contribution in [3.05, 3.63) is 72.2 Å². The van der Waals surface area contributed by atoms with Gasteiger partial charge in [0.1, 0.15) is 11.6 Å². The van der Waals surface area contributed by atoms with E-state index in [4.69, 9.17) is 4.74 Å². The van der Waals surface area contributed by atoms with Gasteiger partial charge in [-0.1, -0.05) is 48.5 Å². The first-order chi connectivity index (χ1) is 12.2. The summed E-state index contributed by atoms with van der Waals surface area (Å²) in [5.41, 5.74) is 3.07. The van der Waals surface area contributed by atoms with Crippen molar-refractivity contribution in [2.24, 2.45) is 0 Å². The molecule has 0 saturated heterocycles. The minimum absolute atomic E-state index is 0.124. The van der Waals surface area contributed by atoms with Crippen molar-refractivity contribution < 1.29 is 9.53 Å². The lowest BCUT2D eigenvalue weighted by atomic mass is 10.1. The number of imidazole rings is 1. The summed E-state index contributed by atoms with van der Waals surface area (Å²) in [6.45, 7) is 1.91. The zero-order valence-electron chi connectivity index (χ0n) is 13.9. The number of aromatic nitrogens is 2.